The van der Waals surface area contributed by atoms with E-state index in [-0.39, 0.29) is 11.4 Å². The van der Waals surface area contributed by atoms with Crippen molar-refractivity contribution in [3.63, 3.8) is 0 Å². The Bertz CT molecular complexity index is 499. The molecule has 0 bridgehead atoms. The fraction of sp³-hybridized carbons (Fsp3) is 0.588. The average Bonchev–Trinajstić information content (AvgIpc) is 2.38. The van der Waals surface area contributed by atoms with Gasteiger partial charge in [-0.2, -0.15) is 0 Å². The van der Waals surface area contributed by atoms with Crippen molar-refractivity contribution in [2.45, 2.75) is 52.1 Å². The molecule has 1 N–H and O–H groups in total. The number of hydrogen-bond acceptors (Lipinski definition) is 2. The second kappa shape index (κ2) is 6.37. The van der Waals surface area contributed by atoms with Crippen LogP contribution in [0.15, 0.2) is 18.2 Å². The normalized spacial score (nSPS) is 18.8. The molecule has 1 aromatic rings. The first-order chi connectivity index (χ1) is 9.82. The number of rotatable bonds is 3. The molecule has 21 heavy (non-hydrogen) atoms. The van der Waals surface area contributed by atoms with Gasteiger partial charge in [-0.25, -0.2) is 0 Å². The number of amides is 1. The van der Waals surface area contributed by atoms with Gasteiger partial charge >= 0.3 is 0 Å². The summed E-state index contributed by atoms with van der Waals surface area (Å²) in [6.45, 7) is 10.5. The second-order valence-electron chi connectivity index (χ2n) is 6.58. The van der Waals surface area contributed by atoms with E-state index >= 15 is 0 Å². The largest absolute Gasteiger partial charge is 0.347 e. The van der Waals surface area contributed by atoms with Gasteiger partial charge in [0.25, 0.3) is 5.91 Å². The van der Waals surface area contributed by atoms with E-state index in [2.05, 4.69) is 31.0 Å². The van der Waals surface area contributed by atoms with Gasteiger partial charge in [-0.1, -0.05) is 23.7 Å². The molecule has 1 aliphatic rings. The molecular weight excluding hydrogens is 284 g/mol. The molecule has 1 saturated heterocycles. The Morgan fingerprint density at radius 1 is 1.33 bits per heavy atom. The molecule has 2 rings (SSSR count). The molecular formula is C17H25ClN2O. The van der Waals surface area contributed by atoms with Gasteiger partial charge in [-0.3, -0.25) is 4.79 Å². The van der Waals surface area contributed by atoms with Crippen LogP contribution < -0.4 is 5.32 Å². The maximum atomic E-state index is 12.6. The van der Waals surface area contributed by atoms with Crippen molar-refractivity contribution in [1.82, 2.24) is 10.2 Å². The number of carbonyl (C=O) groups is 1. The molecule has 0 saturated carbocycles. The zero-order valence-corrected chi connectivity index (χ0v) is 14.1. The molecule has 1 fully saturated rings. The van der Waals surface area contributed by atoms with E-state index in [0.29, 0.717) is 16.6 Å². The molecule has 0 atom stereocenters. The van der Waals surface area contributed by atoms with Crippen LogP contribution in [0.25, 0.3) is 0 Å². The Morgan fingerprint density at radius 2 is 1.95 bits per heavy atom. The van der Waals surface area contributed by atoms with Crippen molar-refractivity contribution in [3.05, 3.63) is 34.3 Å². The lowest BCUT2D eigenvalue weighted by Crippen LogP contribution is -2.54. The van der Waals surface area contributed by atoms with Crippen molar-refractivity contribution in [3.8, 4) is 0 Å². The number of nitrogens with one attached hydrogen (secondary N) is 1. The molecule has 3 nitrogen and oxygen atoms in total. The molecule has 0 aromatic heterocycles. The summed E-state index contributed by atoms with van der Waals surface area (Å²) in [5, 5.41) is 3.73. The van der Waals surface area contributed by atoms with E-state index in [9.17, 15) is 4.79 Å². The Labute approximate surface area is 132 Å². The lowest BCUT2D eigenvalue weighted by molar-refractivity contribution is 0.0801. The van der Waals surface area contributed by atoms with Crippen LogP contribution in [0.3, 0.4) is 0 Å². The van der Waals surface area contributed by atoms with E-state index in [1.807, 2.05) is 19.1 Å². The fourth-order valence-corrected chi connectivity index (χ4v) is 3.22. The Morgan fingerprint density at radius 3 is 2.48 bits per heavy atom. The van der Waals surface area contributed by atoms with Crippen LogP contribution in [0.5, 0.6) is 0 Å². The summed E-state index contributed by atoms with van der Waals surface area (Å²) < 4.78 is 0. The summed E-state index contributed by atoms with van der Waals surface area (Å²) in [6, 6.07) is 6.13. The first-order valence-corrected chi connectivity index (χ1v) is 8.02. The second-order valence-corrected chi connectivity index (χ2v) is 6.98. The number of benzene rings is 1. The van der Waals surface area contributed by atoms with Gasteiger partial charge in [0.1, 0.15) is 0 Å². The minimum absolute atomic E-state index is 0.0569. The first-order valence-electron chi connectivity index (χ1n) is 7.64. The third kappa shape index (κ3) is 3.78. The topological polar surface area (TPSA) is 32.3 Å². The molecule has 0 aliphatic carbocycles. The number of likely N-dealkylation sites (tertiary alicyclic amines) is 1. The van der Waals surface area contributed by atoms with E-state index in [0.717, 1.165) is 31.5 Å². The summed E-state index contributed by atoms with van der Waals surface area (Å²) in [5.74, 6) is -0.0569. The highest BCUT2D eigenvalue weighted by atomic mass is 35.5. The van der Waals surface area contributed by atoms with Gasteiger partial charge in [0.15, 0.2) is 0 Å². The van der Waals surface area contributed by atoms with Crippen molar-refractivity contribution in [2.24, 2.45) is 0 Å². The molecule has 4 heteroatoms. The molecule has 0 spiro atoms. The highest BCUT2D eigenvalue weighted by Gasteiger charge is 2.33. The van der Waals surface area contributed by atoms with Gasteiger partial charge < -0.3 is 10.2 Å². The third-order valence-corrected chi connectivity index (χ3v) is 4.81. The number of hydrogen-bond donors (Lipinski definition) is 1. The highest BCUT2D eigenvalue weighted by molar-refractivity contribution is 6.34. The predicted molar refractivity (Wildman–Crippen MR) is 88.0 cm³/mol. The van der Waals surface area contributed by atoms with Crippen LogP contribution in [-0.2, 0) is 0 Å². The van der Waals surface area contributed by atoms with E-state index < -0.39 is 0 Å². The van der Waals surface area contributed by atoms with Crippen molar-refractivity contribution in [1.29, 1.82) is 0 Å². The molecule has 116 valence electrons. The van der Waals surface area contributed by atoms with Gasteiger partial charge in [-0.15, -0.1) is 0 Å². The number of aryl methyl sites for hydroxylation is 1. The quantitative estimate of drug-likeness (QED) is 0.924. The monoisotopic (exact) mass is 308 g/mol. The number of piperidine rings is 1. The summed E-state index contributed by atoms with van der Waals surface area (Å²) in [5.41, 5.74) is 1.38. The SMILES string of the molecule is Cc1cccc(Cl)c1C(=O)NC1(C)CCN(C(C)C)CC1. The smallest absolute Gasteiger partial charge is 0.253 e. The van der Waals surface area contributed by atoms with Gasteiger partial charge in [-0.05, 0) is 52.2 Å². The third-order valence-electron chi connectivity index (χ3n) is 4.50. The fourth-order valence-electron chi connectivity index (χ4n) is 2.92. The highest BCUT2D eigenvalue weighted by Crippen LogP contribution is 2.25. The van der Waals surface area contributed by atoms with Crippen LogP contribution in [-0.4, -0.2) is 35.5 Å². The predicted octanol–water partition coefficient (Wildman–Crippen LogP) is 3.64. The molecule has 0 radical (unpaired) electrons. The van der Waals surface area contributed by atoms with Crippen molar-refractivity contribution >= 4 is 17.5 Å². The maximum Gasteiger partial charge on any atom is 0.253 e. The lowest BCUT2D eigenvalue weighted by Gasteiger charge is -2.41. The minimum Gasteiger partial charge on any atom is -0.347 e. The van der Waals surface area contributed by atoms with Gasteiger partial charge in [0.05, 0.1) is 10.6 Å². The van der Waals surface area contributed by atoms with Crippen LogP contribution in [0.2, 0.25) is 5.02 Å². The van der Waals surface area contributed by atoms with Gasteiger partial charge in [0, 0.05) is 24.7 Å². The van der Waals surface area contributed by atoms with E-state index in [1.165, 1.54) is 0 Å². The van der Waals surface area contributed by atoms with Gasteiger partial charge in [0.2, 0.25) is 0 Å². The number of nitrogens with zero attached hydrogens (tertiary/aromatic N) is 1. The summed E-state index contributed by atoms with van der Waals surface area (Å²) >= 11 is 6.18. The number of halogens is 1. The van der Waals surface area contributed by atoms with Crippen LogP contribution in [0.4, 0.5) is 0 Å². The standard InChI is InChI=1S/C17H25ClN2O/c1-12(2)20-10-8-17(4,9-11-20)19-16(21)15-13(3)6-5-7-14(15)18/h5-7,12H,8-11H2,1-4H3,(H,19,21). The molecule has 1 amide bonds. The average molecular weight is 309 g/mol. The minimum atomic E-state index is -0.145. The number of carbonyl (C=O) groups excluding carboxylic acids is 1. The zero-order valence-electron chi connectivity index (χ0n) is 13.4. The van der Waals surface area contributed by atoms with E-state index in [1.54, 1.807) is 6.07 Å². The summed E-state index contributed by atoms with van der Waals surface area (Å²) in [6.07, 6.45) is 1.95. The van der Waals surface area contributed by atoms with Crippen molar-refractivity contribution in [2.75, 3.05) is 13.1 Å². The first kappa shape index (κ1) is 16.3. The molecule has 1 aliphatic heterocycles. The zero-order chi connectivity index (χ0) is 15.6. The van der Waals surface area contributed by atoms with E-state index in [4.69, 9.17) is 11.6 Å². The molecule has 1 heterocycles. The Hall–Kier alpha value is -1.06. The summed E-state index contributed by atoms with van der Waals surface area (Å²) in [7, 11) is 0. The van der Waals surface area contributed by atoms with Crippen LogP contribution in [0.1, 0.15) is 49.5 Å². The maximum absolute atomic E-state index is 12.6. The van der Waals surface area contributed by atoms with Crippen LogP contribution in [0, 0.1) is 6.92 Å². The van der Waals surface area contributed by atoms with Crippen molar-refractivity contribution < 1.29 is 4.79 Å². The molecule has 0 unspecified atom stereocenters. The lowest BCUT2D eigenvalue weighted by atomic mass is 9.88. The Balaban J connectivity index is 2.06. The van der Waals surface area contributed by atoms with Crippen LogP contribution >= 0.6 is 11.6 Å². The summed E-state index contributed by atoms with van der Waals surface area (Å²) in [4.78, 5) is 15.0. The molecule has 1 aromatic carbocycles. The Kier molecular flexibility index (Phi) is 4.95.